The number of ether oxygens (including phenoxy) is 1. The maximum Gasteiger partial charge on any atom is 0.407 e. The number of carbonyl (C=O) groups is 2. The van der Waals surface area contributed by atoms with E-state index in [1.807, 2.05) is 46.8 Å². The fourth-order valence-corrected chi connectivity index (χ4v) is 2.99. The molecular formula is C20H30N2O4. The molecule has 0 aliphatic heterocycles. The number of amides is 1. The van der Waals surface area contributed by atoms with Crippen LogP contribution in [-0.4, -0.2) is 29.7 Å². The number of carbonyl (C=O) groups excluding carboxylic acids is 2. The predicted molar refractivity (Wildman–Crippen MR) is 99.9 cm³/mol. The van der Waals surface area contributed by atoms with Crippen LogP contribution in [0.3, 0.4) is 0 Å². The summed E-state index contributed by atoms with van der Waals surface area (Å²) in [5.74, 6) is -0.361. The number of aryl methyl sites for hydroxylation is 1. The summed E-state index contributed by atoms with van der Waals surface area (Å²) in [5.41, 5.74) is 4.97. The highest BCUT2D eigenvalue weighted by Gasteiger charge is 2.25. The summed E-state index contributed by atoms with van der Waals surface area (Å²) in [7, 11) is 0. The Balaban J connectivity index is 1.74. The topological polar surface area (TPSA) is 76.7 Å². The zero-order valence-electron chi connectivity index (χ0n) is 16.3. The van der Waals surface area contributed by atoms with Gasteiger partial charge in [0.2, 0.25) is 0 Å². The van der Waals surface area contributed by atoms with Crippen molar-refractivity contribution in [3.05, 3.63) is 34.9 Å². The van der Waals surface area contributed by atoms with Gasteiger partial charge in [0.1, 0.15) is 5.60 Å². The van der Waals surface area contributed by atoms with Crippen LogP contribution in [0.15, 0.2) is 18.2 Å². The van der Waals surface area contributed by atoms with Crippen LogP contribution in [-0.2, 0) is 9.57 Å². The first-order chi connectivity index (χ1) is 12.2. The minimum atomic E-state index is -0.495. The average molecular weight is 362 g/mol. The van der Waals surface area contributed by atoms with E-state index in [4.69, 9.17) is 9.57 Å². The van der Waals surface area contributed by atoms with E-state index in [0.29, 0.717) is 5.56 Å². The summed E-state index contributed by atoms with van der Waals surface area (Å²) >= 11 is 0. The molecule has 144 valence electrons. The smallest absolute Gasteiger partial charge is 0.407 e. The van der Waals surface area contributed by atoms with Gasteiger partial charge in [-0.3, -0.25) is 0 Å². The third-order valence-electron chi connectivity index (χ3n) is 4.59. The third-order valence-corrected chi connectivity index (χ3v) is 4.59. The molecule has 1 aromatic rings. The molecule has 0 spiro atoms. The number of benzene rings is 1. The van der Waals surface area contributed by atoms with Crippen molar-refractivity contribution < 1.29 is 19.2 Å². The molecule has 2 N–H and O–H groups in total. The Morgan fingerprint density at radius 3 is 2.27 bits per heavy atom. The molecule has 0 unspecified atom stereocenters. The van der Waals surface area contributed by atoms with Gasteiger partial charge in [0.05, 0.1) is 5.56 Å². The molecule has 1 amide bonds. The molecule has 1 aliphatic rings. The Morgan fingerprint density at radius 1 is 1.04 bits per heavy atom. The van der Waals surface area contributed by atoms with Crippen LogP contribution in [0.4, 0.5) is 4.79 Å². The van der Waals surface area contributed by atoms with Gasteiger partial charge in [-0.2, -0.15) is 0 Å². The lowest BCUT2D eigenvalue weighted by Crippen LogP contribution is -2.44. The summed E-state index contributed by atoms with van der Waals surface area (Å²) in [6.07, 6.45) is 2.90. The van der Waals surface area contributed by atoms with Gasteiger partial charge in [0, 0.05) is 12.1 Å². The van der Waals surface area contributed by atoms with Crippen LogP contribution in [0.2, 0.25) is 0 Å². The van der Waals surface area contributed by atoms with E-state index < -0.39 is 5.60 Å². The van der Waals surface area contributed by atoms with Gasteiger partial charge in [0.15, 0.2) is 0 Å². The van der Waals surface area contributed by atoms with Crippen molar-refractivity contribution >= 4 is 12.1 Å². The van der Waals surface area contributed by atoms with Crippen LogP contribution >= 0.6 is 0 Å². The molecule has 1 aromatic carbocycles. The predicted octanol–water partition coefficient (Wildman–Crippen LogP) is 3.80. The van der Waals surface area contributed by atoms with E-state index in [0.717, 1.165) is 36.8 Å². The van der Waals surface area contributed by atoms with Gasteiger partial charge in [0.25, 0.3) is 0 Å². The van der Waals surface area contributed by atoms with E-state index in [1.54, 1.807) is 6.07 Å². The second-order valence-electron chi connectivity index (χ2n) is 7.95. The molecule has 1 aliphatic carbocycles. The SMILES string of the molecule is Cc1cccc(C(=O)ONC2CCC(NC(=O)OC(C)(C)C)CC2)c1C. The number of hydrogen-bond donors (Lipinski definition) is 2. The van der Waals surface area contributed by atoms with E-state index in [2.05, 4.69) is 10.8 Å². The highest BCUT2D eigenvalue weighted by Crippen LogP contribution is 2.20. The Hall–Kier alpha value is -2.08. The third kappa shape index (κ3) is 6.02. The van der Waals surface area contributed by atoms with Gasteiger partial charge in [-0.05, 0) is 77.5 Å². The summed E-state index contributed by atoms with van der Waals surface area (Å²) in [5, 5.41) is 2.90. The molecule has 0 bridgehead atoms. The van der Waals surface area contributed by atoms with Crippen molar-refractivity contribution in [1.29, 1.82) is 0 Å². The summed E-state index contributed by atoms with van der Waals surface area (Å²) < 4.78 is 5.28. The van der Waals surface area contributed by atoms with E-state index in [9.17, 15) is 9.59 Å². The van der Waals surface area contributed by atoms with Crippen molar-refractivity contribution in [1.82, 2.24) is 10.8 Å². The fraction of sp³-hybridized carbons (Fsp3) is 0.600. The lowest BCUT2D eigenvalue weighted by Gasteiger charge is -2.30. The van der Waals surface area contributed by atoms with Crippen molar-refractivity contribution in [2.24, 2.45) is 0 Å². The first kappa shape index (κ1) is 20.2. The molecule has 0 saturated heterocycles. The number of hydrogen-bond acceptors (Lipinski definition) is 5. The molecule has 2 rings (SSSR count). The Kier molecular flexibility index (Phi) is 6.64. The lowest BCUT2D eigenvalue weighted by molar-refractivity contribution is 0.00980. The maximum absolute atomic E-state index is 12.2. The van der Waals surface area contributed by atoms with E-state index >= 15 is 0 Å². The molecule has 1 fully saturated rings. The molecule has 0 atom stereocenters. The second-order valence-corrected chi connectivity index (χ2v) is 7.95. The highest BCUT2D eigenvalue weighted by atomic mass is 16.7. The fourth-order valence-electron chi connectivity index (χ4n) is 2.99. The molecule has 0 radical (unpaired) electrons. The molecule has 26 heavy (non-hydrogen) atoms. The number of hydroxylamine groups is 1. The highest BCUT2D eigenvalue weighted by molar-refractivity contribution is 5.91. The molecule has 0 aromatic heterocycles. The number of alkyl carbamates (subject to hydrolysis) is 1. The van der Waals surface area contributed by atoms with Crippen molar-refractivity contribution in [3.8, 4) is 0 Å². The Bertz CT molecular complexity index is 644. The zero-order valence-corrected chi connectivity index (χ0v) is 16.3. The van der Waals surface area contributed by atoms with Gasteiger partial charge < -0.3 is 14.9 Å². The van der Waals surface area contributed by atoms with Gasteiger partial charge in [-0.15, -0.1) is 5.48 Å². The first-order valence-electron chi connectivity index (χ1n) is 9.18. The van der Waals surface area contributed by atoms with Crippen LogP contribution < -0.4 is 10.8 Å². The average Bonchev–Trinajstić information content (AvgIpc) is 2.54. The second kappa shape index (κ2) is 8.54. The monoisotopic (exact) mass is 362 g/mol. The van der Waals surface area contributed by atoms with E-state index in [1.165, 1.54) is 0 Å². The lowest BCUT2D eigenvalue weighted by atomic mass is 9.92. The van der Waals surface area contributed by atoms with Crippen LogP contribution in [0, 0.1) is 13.8 Å². The van der Waals surface area contributed by atoms with Crippen LogP contribution in [0.25, 0.3) is 0 Å². The Labute approximate surface area is 155 Å². The summed E-state index contributed by atoms with van der Waals surface area (Å²) in [6.45, 7) is 9.42. The van der Waals surface area contributed by atoms with Gasteiger partial charge in [-0.25, -0.2) is 9.59 Å². The first-order valence-corrected chi connectivity index (χ1v) is 9.18. The summed E-state index contributed by atoms with van der Waals surface area (Å²) in [6, 6.07) is 5.79. The molecule has 0 heterocycles. The zero-order chi connectivity index (χ0) is 19.3. The van der Waals surface area contributed by atoms with Gasteiger partial charge in [-0.1, -0.05) is 12.1 Å². The number of rotatable bonds is 4. The largest absolute Gasteiger partial charge is 0.444 e. The molecular weight excluding hydrogens is 332 g/mol. The minimum absolute atomic E-state index is 0.0950. The maximum atomic E-state index is 12.2. The molecule has 1 saturated carbocycles. The van der Waals surface area contributed by atoms with Crippen molar-refractivity contribution in [3.63, 3.8) is 0 Å². The summed E-state index contributed by atoms with van der Waals surface area (Å²) in [4.78, 5) is 29.4. The van der Waals surface area contributed by atoms with Crippen molar-refractivity contribution in [2.45, 2.75) is 78.0 Å². The van der Waals surface area contributed by atoms with Crippen molar-refractivity contribution in [2.75, 3.05) is 0 Å². The standard InChI is InChI=1S/C20H30N2O4/c1-13-7-6-8-17(14(13)2)18(23)26-22-16-11-9-15(10-12-16)21-19(24)25-20(3,4)5/h6-8,15-16,22H,9-12H2,1-5H3,(H,21,24). The van der Waals surface area contributed by atoms with Crippen LogP contribution in [0.1, 0.15) is 67.9 Å². The quantitative estimate of drug-likeness (QED) is 0.797. The Morgan fingerprint density at radius 2 is 1.65 bits per heavy atom. The number of nitrogens with one attached hydrogen (secondary N) is 2. The minimum Gasteiger partial charge on any atom is -0.444 e. The molecule has 6 heteroatoms. The van der Waals surface area contributed by atoms with Gasteiger partial charge >= 0.3 is 12.1 Å². The molecule has 6 nitrogen and oxygen atoms in total. The van der Waals surface area contributed by atoms with Crippen LogP contribution in [0.5, 0.6) is 0 Å². The normalized spacial score (nSPS) is 20.3. The van der Waals surface area contributed by atoms with E-state index in [-0.39, 0.29) is 24.1 Å².